The van der Waals surface area contributed by atoms with Gasteiger partial charge in [-0.3, -0.25) is 0 Å². The second-order valence-electron chi connectivity index (χ2n) is 2.17. The Morgan fingerprint density at radius 1 is 1.50 bits per heavy atom. The van der Waals surface area contributed by atoms with E-state index in [1.807, 2.05) is 0 Å². The SMILES string of the molecule is C/C=C(F)\C(C)=N\N(C)C. The molecule has 0 aliphatic heterocycles. The lowest BCUT2D eigenvalue weighted by atomic mass is 10.3. The van der Waals surface area contributed by atoms with Crippen molar-refractivity contribution < 1.29 is 4.39 Å². The van der Waals surface area contributed by atoms with Gasteiger partial charge in [0.25, 0.3) is 0 Å². The molecule has 0 spiro atoms. The lowest BCUT2D eigenvalue weighted by molar-refractivity contribution is 0.435. The molecule has 0 bridgehead atoms. The zero-order chi connectivity index (χ0) is 8.15. The summed E-state index contributed by atoms with van der Waals surface area (Å²) in [6, 6.07) is 0. The van der Waals surface area contributed by atoms with E-state index in [0.29, 0.717) is 5.71 Å². The van der Waals surface area contributed by atoms with Crippen LogP contribution in [0, 0.1) is 0 Å². The third-order valence-corrected chi connectivity index (χ3v) is 0.949. The summed E-state index contributed by atoms with van der Waals surface area (Å²) in [5.74, 6) is -0.270. The fraction of sp³-hybridized carbons (Fsp3) is 0.571. The van der Waals surface area contributed by atoms with Gasteiger partial charge in [-0.2, -0.15) is 5.10 Å². The number of hydrogen-bond acceptors (Lipinski definition) is 2. The number of hydrogen-bond donors (Lipinski definition) is 0. The molecule has 0 unspecified atom stereocenters. The van der Waals surface area contributed by atoms with Crippen molar-refractivity contribution in [1.29, 1.82) is 0 Å². The molecule has 3 heteroatoms. The van der Waals surface area contributed by atoms with Crippen molar-refractivity contribution >= 4 is 5.71 Å². The van der Waals surface area contributed by atoms with Crippen LogP contribution in [0.5, 0.6) is 0 Å². The summed E-state index contributed by atoms with van der Waals surface area (Å²) in [7, 11) is 3.51. The van der Waals surface area contributed by atoms with Crippen molar-refractivity contribution in [2.75, 3.05) is 14.1 Å². The van der Waals surface area contributed by atoms with E-state index < -0.39 is 0 Å². The smallest absolute Gasteiger partial charge is 0.141 e. The molecule has 0 fully saturated rings. The van der Waals surface area contributed by atoms with Crippen LogP contribution < -0.4 is 0 Å². The van der Waals surface area contributed by atoms with Crippen LogP contribution in [-0.4, -0.2) is 24.8 Å². The molecule has 0 aromatic carbocycles. The number of rotatable bonds is 2. The molecule has 0 heterocycles. The fourth-order valence-corrected chi connectivity index (χ4v) is 0.557. The van der Waals surface area contributed by atoms with Crippen molar-refractivity contribution in [2.24, 2.45) is 5.10 Å². The Morgan fingerprint density at radius 3 is 2.30 bits per heavy atom. The van der Waals surface area contributed by atoms with Gasteiger partial charge in [0.05, 0.1) is 5.71 Å². The van der Waals surface area contributed by atoms with Gasteiger partial charge in [-0.25, -0.2) is 4.39 Å². The van der Waals surface area contributed by atoms with E-state index in [-0.39, 0.29) is 5.83 Å². The van der Waals surface area contributed by atoms with Crippen LogP contribution in [0.4, 0.5) is 4.39 Å². The van der Waals surface area contributed by atoms with E-state index in [0.717, 1.165) is 0 Å². The van der Waals surface area contributed by atoms with Crippen molar-refractivity contribution in [1.82, 2.24) is 5.01 Å². The summed E-state index contributed by atoms with van der Waals surface area (Å²) >= 11 is 0. The predicted molar refractivity (Wildman–Crippen MR) is 41.7 cm³/mol. The molecule has 0 rings (SSSR count). The van der Waals surface area contributed by atoms with E-state index >= 15 is 0 Å². The van der Waals surface area contributed by atoms with E-state index in [1.54, 1.807) is 33.0 Å². The fourth-order valence-electron chi connectivity index (χ4n) is 0.557. The molecule has 0 aliphatic carbocycles. The molecule has 10 heavy (non-hydrogen) atoms. The van der Waals surface area contributed by atoms with E-state index in [9.17, 15) is 4.39 Å². The van der Waals surface area contributed by atoms with Gasteiger partial charge >= 0.3 is 0 Å². The summed E-state index contributed by atoms with van der Waals surface area (Å²) in [5.41, 5.74) is 0.410. The molecular formula is C7H13FN2. The first-order valence-electron chi connectivity index (χ1n) is 3.12. The quantitative estimate of drug-likeness (QED) is 0.426. The Kier molecular flexibility index (Phi) is 3.69. The summed E-state index contributed by atoms with van der Waals surface area (Å²) in [5, 5.41) is 5.42. The molecule has 2 nitrogen and oxygen atoms in total. The van der Waals surface area contributed by atoms with E-state index in [4.69, 9.17) is 0 Å². The molecule has 0 saturated carbocycles. The van der Waals surface area contributed by atoms with Crippen LogP contribution in [0.25, 0.3) is 0 Å². The van der Waals surface area contributed by atoms with Gasteiger partial charge in [0.2, 0.25) is 0 Å². The van der Waals surface area contributed by atoms with Crippen molar-refractivity contribution in [3.05, 3.63) is 11.9 Å². The molecule has 0 aromatic rings. The average molecular weight is 144 g/mol. The van der Waals surface area contributed by atoms with Crippen LogP contribution in [-0.2, 0) is 0 Å². The third kappa shape index (κ3) is 3.22. The van der Waals surface area contributed by atoms with Gasteiger partial charge in [0.1, 0.15) is 5.83 Å². The Morgan fingerprint density at radius 2 is 2.00 bits per heavy atom. The normalized spacial score (nSPS) is 13.7. The Bertz CT molecular complexity index is 159. The van der Waals surface area contributed by atoms with Gasteiger partial charge in [0, 0.05) is 14.1 Å². The summed E-state index contributed by atoms with van der Waals surface area (Å²) in [6.07, 6.45) is 1.39. The Hall–Kier alpha value is -0.860. The topological polar surface area (TPSA) is 15.6 Å². The van der Waals surface area contributed by atoms with Crippen molar-refractivity contribution in [3.8, 4) is 0 Å². The maximum atomic E-state index is 12.6. The number of allylic oxidation sites excluding steroid dienone is 2. The first-order chi connectivity index (χ1) is 4.57. The van der Waals surface area contributed by atoms with Crippen LogP contribution in [0.2, 0.25) is 0 Å². The van der Waals surface area contributed by atoms with Gasteiger partial charge in [-0.1, -0.05) is 0 Å². The average Bonchev–Trinajstić information content (AvgIpc) is 1.85. The van der Waals surface area contributed by atoms with Crippen LogP contribution in [0.3, 0.4) is 0 Å². The van der Waals surface area contributed by atoms with E-state index in [1.165, 1.54) is 6.08 Å². The molecule has 0 aliphatic rings. The largest absolute Gasteiger partial charge is 0.303 e. The standard InChI is InChI=1S/C7H13FN2/c1-5-7(8)6(2)9-10(3)4/h5H,1-4H3/b7-5+,9-6+. The monoisotopic (exact) mass is 144 g/mol. The highest BCUT2D eigenvalue weighted by Gasteiger charge is 1.96. The molecule has 0 atom stereocenters. The van der Waals surface area contributed by atoms with Crippen molar-refractivity contribution in [3.63, 3.8) is 0 Å². The van der Waals surface area contributed by atoms with Crippen molar-refractivity contribution in [2.45, 2.75) is 13.8 Å². The molecule has 0 saturated heterocycles. The second-order valence-corrected chi connectivity index (χ2v) is 2.17. The van der Waals surface area contributed by atoms with Gasteiger partial charge in [-0.05, 0) is 19.9 Å². The zero-order valence-electron chi connectivity index (χ0n) is 6.85. The second kappa shape index (κ2) is 4.04. The highest BCUT2D eigenvalue weighted by Crippen LogP contribution is 1.99. The lowest BCUT2D eigenvalue weighted by Gasteiger charge is -2.04. The first-order valence-corrected chi connectivity index (χ1v) is 3.12. The van der Waals surface area contributed by atoms with Gasteiger partial charge in [0.15, 0.2) is 0 Å². The van der Waals surface area contributed by atoms with E-state index in [2.05, 4.69) is 5.10 Å². The molecule has 0 amide bonds. The first kappa shape index (κ1) is 9.14. The molecular weight excluding hydrogens is 131 g/mol. The Labute approximate surface area is 61.0 Å². The highest BCUT2D eigenvalue weighted by atomic mass is 19.1. The summed E-state index contributed by atoms with van der Waals surface area (Å²) in [6.45, 7) is 3.28. The summed E-state index contributed by atoms with van der Waals surface area (Å²) in [4.78, 5) is 0. The van der Waals surface area contributed by atoms with Crippen LogP contribution >= 0.6 is 0 Å². The summed E-state index contributed by atoms with van der Waals surface area (Å²) < 4.78 is 12.6. The lowest BCUT2D eigenvalue weighted by Crippen LogP contribution is -2.06. The van der Waals surface area contributed by atoms with Gasteiger partial charge in [-0.15, -0.1) is 0 Å². The molecule has 0 radical (unpaired) electrons. The number of halogens is 1. The minimum Gasteiger partial charge on any atom is -0.303 e. The number of nitrogens with zero attached hydrogens (tertiary/aromatic N) is 2. The minimum atomic E-state index is -0.270. The van der Waals surface area contributed by atoms with Crippen LogP contribution in [0.1, 0.15) is 13.8 Å². The molecule has 0 N–H and O–H groups in total. The predicted octanol–water partition coefficient (Wildman–Crippen LogP) is 1.80. The van der Waals surface area contributed by atoms with Gasteiger partial charge < -0.3 is 5.01 Å². The maximum absolute atomic E-state index is 12.6. The number of hydrazone groups is 1. The zero-order valence-corrected chi connectivity index (χ0v) is 6.85. The minimum absolute atomic E-state index is 0.270. The third-order valence-electron chi connectivity index (χ3n) is 0.949. The molecule has 0 aromatic heterocycles. The maximum Gasteiger partial charge on any atom is 0.141 e. The highest BCUT2D eigenvalue weighted by molar-refractivity contribution is 5.95. The Balaban J connectivity index is 4.20. The van der Waals surface area contributed by atoms with Crippen LogP contribution in [0.15, 0.2) is 17.0 Å². The molecule has 58 valence electrons.